The zero-order valence-corrected chi connectivity index (χ0v) is 15.0. The van der Waals surface area contributed by atoms with Crippen LogP contribution in [0.4, 0.5) is 5.82 Å². The minimum absolute atomic E-state index is 0.000897. The van der Waals surface area contributed by atoms with Gasteiger partial charge in [0, 0.05) is 50.7 Å². The molecule has 2 amide bonds. The van der Waals surface area contributed by atoms with Crippen LogP contribution in [0.15, 0.2) is 48.7 Å². The molecule has 0 saturated heterocycles. The van der Waals surface area contributed by atoms with E-state index in [4.69, 9.17) is 0 Å². The van der Waals surface area contributed by atoms with Crippen molar-refractivity contribution in [1.82, 2.24) is 19.4 Å². The Balaban J connectivity index is 1.35. The average molecular weight is 363 g/mol. The van der Waals surface area contributed by atoms with Gasteiger partial charge in [-0.15, -0.1) is 0 Å². The summed E-state index contributed by atoms with van der Waals surface area (Å²) < 4.78 is 2.04. The van der Waals surface area contributed by atoms with E-state index in [2.05, 4.69) is 21.4 Å². The minimum atomic E-state index is -0.000968. The summed E-state index contributed by atoms with van der Waals surface area (Å²) in [5.74, 6) is 0.624. The van der Waals surface area contributed by atoms with E-state index in [9.17, 15) is 9.59 Å². The van der Waals surface area contributed by atoms with Crippen LogP contribution in [-0.4, -0.2) is 44.3 Å². The van der Waals surface area contributed by atoms with E-state index in [1.165, 1.54) is 5.57 Å². The highest BCUT2D eigenvalue weighted by Crippen LogP contribution is 2.21. The van der Waals surface area contributed by atoms with Gasteiger partial charge in [-0.3, -0.25) is 9.59 Å². The fourth-order valence-electron chi connectivity index (χ4n) is 3.31. The van der Waals surface area contributed by atoms with Crippen LogP contribution in [0.25, 0.3) is 6.08 Å². The molecule has 4 heterocycles. The Labute approximate surface area is 157 Å². The number of anilines is 1. The molecule has 2 aliphatic heterocycles. The molecule has 7 heteroatoms. The lowest BCUT2D eigenvalue weighted by Crippen LogP contribution is -2.34. The van der Waals surface area contributed by atoms with Crippen LogP contribution in [0.2, 0.25) is 0 Å². The Kier molecular flexibility index (Phi) is 4.82. The molecule has 0 unspecified atom stereocenters. The SMILES string of the molecule is O=C1CCc2cc(C=CC(=O)N3CC=C(Cn4ccnc4)CC3)cnc2N1. The Morgan fingerprint density at radius 3 is 3.00 bits per heavy atom. The van der Waals surface area contributed by atoms with Crippen molar-refractivity contribution in [1.29, 1.82) is 0 Å². The number of amides is 2. The van der Waals surface area contributed by atoms with Crippen molar-refractivity contribution in [2.45, 2.75) is 25.8 Å². The molecule has 0 aliphatic carbocycles. The molecular weight excluding hydrogens is 342 g/mol. The van der Waals surface area contributed by atoms with E-state index in [0.717, 1.165) is 30.6 Å². The van der Waals surface area contributed by atoms with Crippen LogP contribution in [0.3, 0.4) is 0 Å². The van der Waals surface area contributed by atoms with E-state index in [-0.39, 0.29) is 11.8 Å². The molecular formula is C20H21N5O2. The zero-order chi connectivity index (χ0) is 18.6. The van der Waals surface area contributed by atoms with Crippen molar-refractivity contribution in [3.63, 3.8) is 0 Å². The van der Waals surface area contributed by atoms with Gasteiger partial charge >= 0.3 is 0 Å². The summed E-state index contributed by atoms with van der Waals surface area (Å²) in [7, 11) is 0. The van der Waals surface area contributed by atoms with Crippen LogP contribution >= 0.6 is 0 Å². The van der Waals surface area contributed by atoms with E-state index < -0.39 is 0 Å². The summed E-state index contributed by atoms with van der Waals surface area (Å²) in [6.07, 6.45) is 14.7. The molecule has 27 heavy (non-hydrogen) atoms. The normalized spacial score (nSPS) is 16.8. The van der Waals surface area contributed by atoms with Gasteiger partial charge in [-0.25, -0.2) is 9.97 Å². The van der Waals surface area contributed by atoms with Gasteiger partial charge in [0.05, 0.1) is 6.33 Å². The first-order chi connectivity index (χ1) is 13.2. The first kappa shape index (κ1) is 17.2. The van der Waals surface area contributed by atoms with Crippen LogP contribution in [0.1, 0.15) is 24.0 Å². The number of aryl methyl sites for hydroxylation is 1. The summed E-state index contributed by atoms with van der Waals surface area (Å²) in [5, 5.41) is 2.76. The molecule has 0 bridgehead atoms. The van der Waals surface area contributed by atoms with E-state index >= 15 is 0 Å². The Hall–Kier alpha value is -3.22. The average Bonchev–Trinajstić information content (AvgIpc) is 3.19. The Morgan fingerprint density at radius 1 is 1.30 bits per heavy atom. The summed E-state index contributed by atoms with van der Waals surface area (Å²) >= 11 is 0. The third-order valence-corrected chi connectivity index (χ3v) is 4.85. The van der Waals surface area contributed by atoms with Gasteiger partial charge < -0.3 is 14.8 Å². The predicted octanol–water partition coefficient (Wildman–Crippen LogP) is 2.03. The summed E-state index contributed by atoms with van der Waals surface area (Å²) in [6.45, 7) is 2.18. The molecule has 0 spiro atoms. The summed E-state index contributed by atoms with van der Waals surface area (Å²) in [5.41, 5.74) is 3.20. The van der Waals surface area contributed by atoms with Crippen LogP contribution in [0.5, 0.6) is 0 Å². The molecule has 2 aromatic rings. The van der Waals surface area contributed by atoms with Crippen molar-refractivity contribution in [3.8, 4) is 0 Å². The quantitative estimate of drug-likeness (QED) is 0.666. The van der Waals surface area contributed by atoms with Crippen molar-refractivity contribution in [3.05, 3.63) is 59.8 Å². The van der Waals surface area contributed by atoms with Gasteiger partial charge in [0.15, 0.2) is 0 Å². The van der Waals surface area contributed by atoms with Gasteiger partial charge in [0.25, 0.3) is 0 Å². The molecule has 0 fully saturated rings. The minimum Gasteiger partial charge on any atom is -0.335 e. The second kappa shape index (κ2) is 7.57. The highest BCUT2D eigenvalue weighted by Gasteiger charge is 2.17. The molecule has 7 nitrogen and oxygen atoms in total. The lowest BCUT2D eigenvalue weighted by molar-refractivity contribution is -0.125. The van der Waals surface area contributed by atoms with Crippen molar-refractivity contribution in [2.75, 3.05) is 18.4 Å². The lowest BCUT2D eigenvalue weighted by Gasteiger charge is -2.25. The topological polar surface area (TPSA) is 80.1 Å². The maximum absolute atomic E-state index is 12.4. The second-order valence-corrected chi connectivity index (χ2v) is 6.79. The van der Waals surface area contributed by atoms with Gasteiger partial charge in [-0.1, -0.05) is 11.6 Å². The van der Waals surface area contributed by atoms with E-state index in [0.29, 0.717) is 25.2 Å². The number of pyridine rings is 1. The van der Waals surface area contributed by atoms with Crippen LogP contribution in [-0.2, 0) is 22.6 Å². The number of aromatic nitrogens is 3. The van der Waals surface area contributed by atoms with Gasteiger partial charge in [-0.05, 0) is 36.1 Å². The number of carbonyl (C=O) groups excluding carboxylic acids is 2. The molecule has 0 radical (unpaired) electrons. The number of rotatable bonds is 4. The maximum atomic E-state index is 12.4. The molecule has 0 atom stereocenters. The van der Waals surface area contributed by atoms with Gasteiger partial charge in [0.1, 0.15) is 5.82 Å². The zero-order valence-electron chi connectivity index (χ0n) is 15.0. The Bertz CT molecular complexity index is 914. The van der Waals surface area contributed by atoms with E-state index in [1.54, 1.807) is 30.9 Å². The van der Waals surface area contributed by atoms with Crippen molar-refractivity contribution < 1.29 is 9.59 Å². The first-order valence-corrected chi connectivity index (χ1v) is 9.07. The summed E-state index contributed by atoms with van der Waals surface area (Å²) in [4.78, 5) is 34.0. The highest BCUT2D eigenvalue weighted by molar-refractivity contribution is 5.94. The van der Waals surface area contributed by atoms with Crippen LogP contribution < -0.4 is 5.32 Å². The first-order valence-electron chi connectivity index (χ1n) is 9.07. The van der Waals surface area contributed by atoms with Crippen molar-refractivity contribution >= 4 is 23.7 Å². The van der Waals surface area contributed by atoms with Gasteiger partial charge in [-0.2, -0.15) is 0 Å². The second-order valence-electron chi connectivity index (χ2n) is 6.79. The molecule has 1 N–H and O–H groups in total. The fourth-order valence-corrected chi connectivity index (χ4v) is 3.31. The molecule has 138 valence electrons. The van der Waals surface area contributed by atoms with Gasteiger partial charge in [0.2, 0.25) is 11.8 Å². The van der Waals surface area contributed by atoms with Crippen molar-refractivity contribution in [2.24, 2.45) is 0 Å². The van der Waals surface area contributed by atoms with Crippen LogP contribution in [0, 0.1) is 0 Å². The third kappa shape index (κ3) is 4.13. The number of nitrogens with one attached hydrogen (secondary N) is 1. The Morgan fingerprint density at radius 2 is 2.22 bits per heavy atom. The smallest absolute Gasteiger partial charge is 0.246 e. The third-order valence-electron chi connectivity index (χ3n) is 4.85. The lowest BCUT2D eigenvalue weighted by atomic mass is 10.0. The predicted molar refractivity (Wildman–Crippen MR) is 102 cm³/mol. The highest BCUT2D eigenvalue weighted by atomic mass is 16.2. The molecule has 2 aliphatic rings. The number of nitrogens with zero attached hydrogens (tertiary/aromatic N) is 4. The fraction of sp³-hybridized carbons (Fsp3) is 0.300. The molecule has 0 saturated carbocycles. The maximum Gasteiger partial charge on any atom is 0.246 e. The number of hydrogen-bond acceptors (Lipinski definition) is 4. The largest absolute Gasteiger partial charge is 0.335 e. The number of fused-ring (bicyclic) bond motifs is 1. The standard InChI is InChI=1S/C20H21N5O2/c26-18-3-2-17-11-16(12-22-20(17)23-18)1-4-19(27)25-8-5-15(6-9-25)13-24-10-7-21-14-24/h1,4-5,7,10-12,14H,2-3,6,8-9,13H2,(H,22,23,26). The molecule has 2 aromatic heterocycles. The molecule has 4 rings (SSSR count). The van der Waals surface area contributed by atoms with E-state index in [1.807, 2.05) is 21.7 Å². The summed E-state index contributed by atoms with van der Waals surface area (Å²) in [6, 6.07) is 1.98. The molecule has 0 aromatic carbocycles. The number of hydrogen-bond donors (Lipinski definition) is 1. The number of carbonyl (C=O) groups is 2. The number of imidazole rings is 1. The monoisotopic (exact) mass is 363 g/mol.